The molecule has 92 valence electrons. The predicted molar refractivity (Wildman–Crippen MR) is 69.6 cm³/mol. The average molecular weight is 254 g/mol. The van der Waals surface area contributed by atoms with E-state index in [1.165, 1.54) is 0 Å². The number of rotatable bonds is 7. The van der Waals surface area contributed by atoms with Crippen molar-refractivity contribution >= 4 is 22.6 Å². The summed E-state index contributed by atoms with van der Waals surface area (Å²) in [5, 5.41) is 0. The molecule has 2 atom stereocenters. The minimum absolute atomic E-state index is 0.176. The minimum atomic E-state index is -0.948. The van der Waals surface area contributed by atoms with E-state index < -0.39 is 11.0 Å². The van der Waals surface area contributed by atoms with Crippen molar-refractivity contribution in [2.45, 2.75) is 51.7 Å². The fourth-order valence-corrected chi connectivity index (χ4v) is 2.20. The molecule has 0 aromatic heterocycles. The highest BCUT2D eigenvalue weighted by Gasteiger charge is 2.19. The third kappa shape index (κ3) is 7.31. The second-order valence-electron chi connectivity index (χ2n) is 4.84. The molecule has 0 bridgehead atoms. The maximum atomic E-state index is 11.7. The van der Waals surface area contributed by atoms with Gasteiger partial charge in [-0.3, -0.25) is 0 Å². The minimum Gasteiger partial charge on any atom is -0.242 e. The summed E-state index contributed by atoms with van der Waals surface area (Å²) >= 11 is 5.66. The summed E-state index contributed by atoms with van der Waals surface area (Å²) in [6, 6.07) is 0. The van der Waals surface area contributed by atoms with Gasteiger partial charge in [0.25, 0.3) is 0 Å². The Morgan fingerprint density at radius 3 is 2.40 bits per heavy atom. The van der Waals surface area contributed by atoms with Crippen molar-refractivity contribution in [2.75, 3.05) is 12.4 Å². The molecule has 0 radical (unpaired) electrons. The second kappa shape index (κ2) is 7.64. The lowest BCUT2D eigenvalue weighted by Crippen LogP contribution is -2.36. The first kappa shape index (κ1) is 15.4. The zero-order chi connectivity index (χ0) is 11.9. The Morgan fingerprint density at radius 1 is 1.40 bits per heavy atom. The Hall–Kier alpha value is 0.400. The van der Waals surface area contributed by atoms with E-state index in [1.807, 2.05) is 20.8 Å². The van der Waals surface area contributed by atoms with E-state index in [9.17, 15) is 4.21 Å². The fourth-order valence-electron chi connectivity index (χ4n) is 1.23. The van der Waals surface area contributed by atoms with E-state index in [-0.39, 0.29) is 4.75 Å². The van der Waals surface area contributed by atoms with Crippen LogP contribution in [0.5, 0.6) is 0 Å². The van der Waals surface area contributed by atoms with E-state index in [4.69, 9.17) is 11.6 Å². The molecule has 0 aromatic carbocycles. The van der Waals surface area contributed by atoms with Gasteiger partial charge in [0.15, 0.2) is 0 Å². The summed E-state index contributed by atoms with van der Waals surface area (Å²) in [4.78, 5) is 0. The van der Waals surface area contributed by atoms with Gasteiger partial charge in [0, 0.05) is 12.4 Å². The fraction of sp³-hybridized carbons (Fsp3) is 1.00. The first-order valence-corrected chi connectivity index (χ1v) is 7.31. The van der Waals surface area contributed by atoms with Gasteiger partial charge in [0.1, 0.15) is 0 Å². The number of nitrogens with one attached hydrogen (secondary N) is 1. The van der Waals surface area contributed by atoms with Gasteiger partial charge in [-0.25, -0.2) is 8.93 Å². The summed E-state index contributed by atoms with van der Waals surface area (Å²) in [6.07, 6.45) is 3.28. The van der Waals surface area contributed by atoms with Crippen LogP contribution < -0.4 is 4.72 Å². The maximum Gasteiger partial charge on any atom is 0.0970 e. The highest BCUT2D eigenvalue weighted by Crippen LogP contribution is 2.13. The summed E-state index contributed by atoms with van der Waals surface area (Å²) in [5.41, 5.74) is 0. The molecule has 1 N–H and O–H groups in total. The Kier molecular flexibility index (Phi) is 7.84. The molecule has 0 amide bonds. The van der Waals surface area contributed by atoms with E-state index in [1.54, 1.807) is 0 Å². The van der Waals surface area contributed by atoms with Crippen LogP contribution in [0.4, 0.5) is 0 Å². The monoisotopic (exact) mass is 253 g/mol. The molecule has 15 heavy (non-hydrogen) atoms. The molecule has 0 fully saturated rings. The summed E-state index contributed by atoms with van der Waals surface area (Å²) < 4.78 is 14.7. The Balaban J connectivity index is 3.85. The SMILES string of the molecule is CC[C@H](CCCCl)CN[S@](=O)C(C)(C)C. The molecular formula is C11H24ClNOS. The van der Waals surface area contributed by atoms with Gasteiger partial charge in [-0.1, -0.05) is 13.3 Å². The second-order valence-corrected chi connectivity index (χ2v) is 7.26. The Morgan fingerprint density at radius 2 is 2.00 bits per heavy atom. The van der Waals surface area contributed by atoms with Crippen molar-refractivity contribution in [3.05, 3.63) is 0 Å². The number of hydrogen-bond donors (Lipinski definition) is 1. The molecule has 0 saturated heterocycles. The first-order valence-electron chi connectivity index (χ1n) is 5.63. The van der Waals surface area contributed by atoms with Crippen LogP contribution in [0.1, 0.15) is 47.0 Å². The topological polar surface area (TPSA) is 29.1 Å². The molecular weight excluding hydrogens is 230 g/mol. The van der Waals surface area contributed by atoms with Crippen LogP contribution in [-0.4, -0.2) is 21.4 Å². The molecule has 2 nitrogen and oxygen atoms in total. The molecule has 0 spiro atoms. The van der Waals surface area contributed by atoms with E-state index >= 15 is 0 Å². The van der Waals surface area contributed by atoms with Crippen molar-refractivity contribution < 1.29 is 4.21 Å². The van der Waals surface area contributed by atoms with Gasteiger partial charge in [0.05, 0.1) is 15.7 Å². The van der Waals surface area contributed by atoms with Crippen molar-refractivity contribution in [1.82, 2.24) is 4.72 Å². The van der Waals surface area contributed by atoms with Crippen LogP contribution in [0.3, 0.4) is 0 Å². The Bertz CT molecular complexity index is 192. The molecule has 0 aliphatic heterocycles. The normalized spacial score (nSPS) is 16.3. The third-order valence-corrected chi connectivity index (χ3v) is 4.19. The molecule has 0 aliphatic rings. The van der Waals surface area contributed by atoms with Crippen molar-refractivity contribution in [3.8, 4) is 0 Å². The summed E-state index contributed by atoms with van der Waals surface area (Å²) in [7, 11) is -0.948. The van der Waals surface area contributed by atoms with Gasteiger partial charge < -0.3 is 0 Å². The van der Waals surface area contributed by atoms with E-state index in [0.717, 1.165) is 31.7 Å². The molecule has 0 saturated carbocycles. The van der Waals surface area contributed by atoms with Crippen LogP contribution in [0.25, 0.3) is 0 Å². The van der Waals surface area contributed by atoms with Crippen LogP contribution in [0, 0.1) is 5.92 Å². The smallest absolute Gasteiger partial charge is 0.0970 e. The van der Waals surface area contributed by atoms with Gasteiger partial charge in [-0.05, 0) is 39.5 Å². The van der Waals surface area contributed by atoms with Crippen molar-refractivity contribution in [1.29, 1.82) is 0 Å². The zero-order valence-corrected chi connectivity index (χ0v) is 11.9. The zero-order valence-electron chi connectivity index (χ0n) is 10.3. The Labute approximate surface area is 102 Å². The largest absolute Gasteiger partial charge is 0.242 e. The van der Waals surface area contributed by atoms with Gasteiger partial charge >= 0.3 is 0 Å². The van der Waals surface area contributed by atoms with Crippen LogP contribution in [0.2, 0.25) is 0 Å². The summed E-state index contributed by atoms with van der Waals surface area (Å²) in [6.45, 7) is 8.94. The standard InChI is InChI=1S/C11H24ClNOS/c1-5-10(7-6-8-12)9-13-15(14)11(2,3)4/h10,13H,5-9H2,1-4H3/t10-,15-/m1/s1. The maximum absolute atomic E-state index is 11.7. The van der Waals surface area contributed by atoms with Crippen LogP contribution >= 0.6 is 11.6 Å². The lowest BCUT2D eigenvalue weighted by molar-refractivity contribution is 0.460. The van der Waals surface area contributed by atoms with Crippen molar-refractivity contribution in [2.24, 2.45) is 5.92 Å². The van der Waals surface area contributed by atoms with E-state index in [0.29, 0.717) is 5.92 Å². The van der Waals surface area contributed by atoms with Gasteiger partial charge in [-0.15, -0.1) is 11.6 Å². The first-order chi connectivity index (χ1) is 6.91. The summed E-state index contributed by atoms with van der Waals surface area (Å²) in [5.74, 6) is 1.31. The van der Waals surface area contributed by atoms with E-state index in [2.05, 4.69) is 11.6 Å². The van der Waals surface area contributed by atoms with Crippen molar-refractivity contribution in [3.63, 3.8) is 0 Å². The molecule has 0 heterocycles. The highest BCUT2D eigenvalue weighted by atomic mass is 35.5. The van der Waals surface area contributed by atoms with Crippen LogP contribution in [-0.2, 0) is 11.0 Å². The molecule has 4 heteroatoms. The predicted octanol–water partition coefficient (Wildman–Crippen LogP) is 3.08. The molecule has 0 aromatic rings. The quantitative estimate of drug-likeness (QED) is 0.695. The highest BCUT2D eigenvalue weighted by molar-refractivity contribution is 7.84. The van der Waals surface area contributed by atoms with Gasteiger partial charge in [0.2, 0.25) is 0 Å². The molecule has 0 aliphatic carbocycles. The lowest BCUT2D eigenvalue weighted by Gasteiger charge is -2.21. The average Bonchev–Trinajstić information content (AvgIpc) is 2.16. The third-order valence-electron chi connectivity index (χ3n) is 2.38. The lowest BCUT2D eigenvalue weighted by atomic mass is 10.0. The number of halogens is 1. The number of alkyl halides is 1. The van der Waals surface area contributed by atoms with Gasteiger partial charge in [-0.2, -0.15) is 0 Å². The molecule has 0 unspecified atom stereocenters. The molecule has 0 rings (SSSR count). The van der Waals surface area contributed by atoms with Crippen LogP contribution in [0.15, 0.2) is 0 Å². The number of hydrogen-bond acceptors (Lipinski definition) is 1.